The monoisotopic (exact) mass is 238 g/mol. The Balaban J connectivity index is 2.45. The van der Waals surface area contributed by atoms with Gasteiger partial charge in [0.05, 0.1) is 12.5 Å². The predicted octanol–water partition coefficient (Wildman–Crippen LogP) is 0.619. The molecule has 17 heavy (non-hydrogen) atoms. The van der Waals surface area contributed by atoms with Crippen molar-refractivity contribution in [2.24, 2.45) is 17.6 Å². The molecule has 1 aromatic rings. The Kier molecular flexibility index (Phi) is 5.15. The van der Waals surface area contributed by atoms with Crippen LogP contribution in [-0.4, -0.2) is 28.3 Å². The van der Waals surface area contributed by atoms with Crippen LogP contribution in [0.25, 0.3) is 0 Å². The minimum Gasteiger partial charge on any atom is -0.351 e. The van der Waals surface area contributed by atoms with E-state index >= 15 is 0 Å². The summed E-state index contributed by atoms with van der Waals surface area (Å²) in [7, 11) is 0. The standard InChI is InChI=1S/C12H22N4O/c1-9(2)11(7-13)12(17)15-10(3)8-16-6-4-5-14-16/h4-6,9-11H,7-8,13H2,1-3H3,(H,15,17). The molecule has 96 valence electrons. The molecule has 0 aliphatic carbocycles. The minimum absolute atomic E-state index is 0.0298. The molecule has 0 fully saturated rings. The topological polar surface area (TPSA) is 72.9 Å². The second kappa shape index (κ2) is 6.39. The first-order valence-electron chi connectivity index (χ1n) is 6.02. The highest BCUT2D eigenvalue weighted by atomic mass is 16.2. The van der Waals surface area contributed by atoms with Crippen molar-refractivity contribution in [1.29, 1.82) is 0 Å². The van der Waals surface area contributed by atoms with Gasteiger partial charge in [0.2, 0.25) is 5.91 Å². The maximum Gasteiger partial charge on any atom is 0.224 e. The number of nitrogens with one attached hydrogen (secondary N) is 1. The van der Waals surface area contributed by atoms with E-state index in [0.29, 0.717) is 13.1 Å². The molecule has 5 heteroatoms. The lowest BCUT2D eigenvalue weighted by Gasteiger charge is -2.21. The Hall–Kier alpha value is -1.36. The van der Waals surface area contributed by atoms with Crippen LogP contribution in [0.4, 0.5) is 0 Å². The summed E-state index contributed by atoms with van der Waals surface area (Å²) in [5.74, 6) is 0.175. The van der Waals surface area contributed by atoms with Crippen LogP contribution in [0.2, 0.25) is 0 Å². The third kappa shape index (κ3) is 4.19. The summed E-state index contributed by atoms with van der Waals surface area (Å²) >= 11 is 0. The quantitative estimate of drug-likeness (QED) is 0.763. The van der Waals surface area contributed by atoms with E-state index in [9.17, 15) is 4.79 Å². The SMILES string of the molecule is CC(Cn1cccn1)NC(=O)C(CN)C(C)C. The van der Waals surface area contributed by atoms with Gasteiger partial charge in [0.25, 0.3) is 0 Å². The summed E-state index contributed by atoms with van der Waals surface area (Å²) in [6, 6.07) is 1.92. The molecule has 0 aliphatic rings. The van der Waals surface area contributed by atoms with Crippen LogP contribution >= 0.6 is 0 Å². The van der Waals surface area contributed by atoms with E-state index in [2.05, 4.69) is 10.4 Å². The van der Waals surface area contributed by atoms with E-state index in [4.69, 9.17) is 5.73 Å². The van der Waals surface area contributed by atoms with Crippen molar-refractivity contribution in [2.45, 2.75) is 33.4 Å². The third-order valence-electron chi connectivity index (χ3n) is 2.80. The average molecular weight is 238 g/mol. The normalized spacial score (nSPS) is 14.6. The summed E-state index contributed by atoms with van der Waals surface area (Å²) in [5, 5.41) is 7.08. The van der Waals surface area contributed by atoms with Gasteiger partial charge in [-0.25, -0.2) is 0 Å². The molecule has 0 bridgehead atoms. The van der Waals surface area contributed by atoms with Crippen molar-refractivity contribution in [3.8, 4) is 0 Å². The van der Waals surface area contributed by atoms with E-state index in [-0.39, 0.29) is 23.8 Å². The van der Waals surface area contributed by atoms with Gasteiger partial charge in [0.1, 0.15) is 0 Å². The van der Waals surface area contributed by atoms with Gasteiger partial charge in [0.15, 0.2) is 0 Å². The van der Waals surface area contributed by atoms with Crippen LogP contribution in [0.1, 0.15) is 20.8 Å². The first kappa shape index (κ1) is 13.7. The molecule has 0 spiro atoms. The zero-order valence-corrected chi connectivity index (χ0v) is 10.8. The number of carbonyl (C=O) groups excluding carboxylic acids is 1. The van der Waals surface area contributed by atoms with Gasteiger partial charge in [-0.15, -0.1) is 0 Å². The Morgan fingerprint density at radius 1 is 1.47 bits per heavy atom. The first-order valence-corrected chi connectivity index (χ1v) is 6.02. The molecule has 0 saturated carbocycles. The Morgan fingerprint density at radius 3 is 2.65 bits per heavy atom. The van der Waals surface area contributed by atoms with Gasteiger partial charge < -0.3 is 11.1 Å². The van der Waals surface area contributed by atoms with Crippen molar-refractivity contribution in [3.05, 3.63) is 18.5 Å². The van der Waals surface area contributed by atoms with Crippen molar-refractivity contribution in [3.63, 3.8) is 0 Å². The Labute approximate surface area is 102 Å². The van der Waals surface area contributed by atoms with E-state index in [1.807, 2.05) is 33.0 Å². The fraction of sp³-hybridized carbons (Fsp3) is 0.667. The fourth-order valence-corrected chi connectivity index (χ4v) is 1.77. The van der Waals surface area contributed by atoms with E-state index < -0.39 is 0 Å². The van der Waals surface area contributed by atoms with Crippen LogP contribution in [0.15, 0.2) is 18.5 Å². The number of rotatable bonds is 6. The maximum atomic E-state index is 11.9. The van der Waals surface area contributed by atoms with Crippen molar-refractivity contribution in [2.75, 3.05) is 6.54 Å². The summed E-state index contributed by atoms with van der Waals surface area (Å²) in [4.78, 5) is 11.9. The molecular weight excluding hydrogens is 216 g/mol. The van der Waals surface area contributed by atoms with Crippen LogP contribution in [0.3, 0.4) is 0 Å². The zero-order valence-electron chi connectivity index (χ0n) is 10.8. The molecule has 1 heterocycles. The smallest absolute Gasteiger partial charge is 0.224 e. The van der Waals surface area contributed by atoms with Crippen molar-refractivity contribution < 1.29 is 4.79 Å². The highest BCUT2D eigenvalue weighted by Crippen LogP contribution is 2.09. The van der Waals surface area contributed by atoms with Crippen LogP contribution < -0.4 is 11.1 Å². The number of nitrogens with zero attached hydrogens (tertiary/aromatic N) is 2. The Bertz CT molecular complexity index is 334. The molecule has 1 amide bonds. The second-order valence-electron chi connectivity index (χ2n) is 4.72. The molecule has 0 radical (unpaired) electrons. The van der Waals surface area contributed by atoms with Gasteiger partial charge in [-0.3, -0.25) is 9.48 Å². The van der Waals surface area contributed by atoms with Gasteiger partial charge in [-0.2, -0.15) is 5.10 Å². The van der Waals surface area contributed by atoms with Crippen LogP contribution in [-0.2, 0) is 11.3 Å². The number of nitrogens with two attached hydrogens (primary N) is 1. The molecule has 0 aliphatic heterocycles. The molecule has 2 atom stereocenters. The number of hydrogen-bond donors (Lipinski definition) is 2. The van der Waals surface area contributed by atoms with Gasteiger partial charge in [-0.1, -0.05) is 13.8 Å². The third-order valence-corrected chi connectivity index (χ3v) is 2.80. The Morgan fingerprint density at radius 2 is 2.18 bits per heavy atom. The minimum atomic E-state index is -0.116. The second-order valence-corrected chi connectivity index (χ2v) is 4.72. The number of aromatic nitrogens is 2. The molecule has 3 N–H and O–H groups in total. The number of hydrogen-bond acceptors (Lipinski definition) is 3. The molecule has 2 unspecified atom stereocenters. The molecule has 1 rings (SSSR count). The largest absolute Gasteiger partial charge is 0.351 e. The number of carbonyl (C=O) groups is 1. The fourth-order valence-electron chi connectivity index (χ4n) is 1.77. The van der Waals surface area contributed by atoms with E-state index in [1.54, 1.807) is 10.9 Å². The average Bonchev–Trinajstić information content (AvgIpc) is 2.70. The first-order chi connectivity index (χ1) is 8.04. The highest BCUT2D eigenvalue weighted by Gasteiger charge is 2.21. The molecule has 1 aromatic heterocycles. The van der Waals surface area contributed by atoms with E-state index in [0.717, 1.165) is 0 Å². The van der Waals surface area contributed by atoms with Crippen LogP contribution in [0, 0.1) is 11.8 Å². The van der Waals surface area contributed by atoms with E-state index in [1.165, 1.54) is 0 Å². The van der Waals surface area contributed by atoms with Crippen LogP contribution in [0.5, 0.6) is 0 Å². The summed E-state index contributed by atoms with van der Waals surface area (Å²) < 4.78 is 1.80. The molecule has 5 nitrogen and oxygen atoms in total. The maximum absolute atomic E-state index is 11.9. The van der Waals surface area contributed by atoms with Crippen molar-refractivity contribution >= 4 is 5.91 Å². The lowest BCUT2D eigenvalue weighted by atomic mass is 9.95. The number of amides is 1. The summed E-state index contributed by atoms with van der Waals surface area (Å²) in [6.07, 6.45) is 3.61. The molecule has 0 saturated heterocycles. The highest BCUT2D eigenvalue weighted by molar-refractivity contribution is 5.79. The lowest BCUT2D eigenvalue weighted by Crippen LogP contribution is -2.43. The van der Waals surface area contributed by atoms with Gasteiger partial charge in [0, 0.05) is 25.0 Å². The van der Waals surface area contributed by atoms with Crippen molar-refractivity contribution in [1.82, 2.24) is 15.1 Å². The predicted molar refractivity (Wildman–Crippen MR) is 67.2 cm³/mol. The molecular formula is C12H22N4O. The zero-order chi connectivity index (χ0) is 12.8. The summed E-state index contributed by atoms with van der Waals surface area (Å²) in [6.45, 7) is 7.05. The van der Waals surface area contributed by atoms with Gasteiger partial charge >= 0.3 is 0 Å². The van der Waals surface area contributed by atoms with Gasteiger partial charge in [-0.05, 0) is 18.9 Å². The lowest BCUT2D eigenvalue weighted by molar-refractivity contribution is -0.126. The summed E-state index contributed by atoms with van der Waals surface area (Å²) in [5.41, 5.74) is 5.61. The molecule has 0 aromatic carbocycles.